The Morgan fingerprint density at radius 2 is 1.21 bits per heavy atom. The molecule has 4 aromatic carbocycles. The molecule has 2 amide bonds. The number of rotatable bonds is 6. The van der Waals surface area contributed by atoms with Crippen molar-refractivity contribution in [2.75, 3.05) is 37.9 Å². The third-order valence-corrected chi connectivity index (χ3v) is 14.1. The summed E-state index contributed by atoms with van der Waals surface area (Å²) in [6.45, 7) is 1.46. The fourth-order valence-corrected chi connectivity index (χ4v) is 10.9. The van der Waals surface area contributed by atoms with E-state index in [0.29, 0.717) is 69.1 Å². The molecule has 56 heavy (non-hydrogen) atoms. The van der Waals surface area contributed by atoms with Crippen LogP contribution in [0.2, 0.25) is 0 Å². The van der Waals surface area contributed by atoms with Gasteiger partial charge < -0.3 is 20.1 Å². The smallest absolute Gasteiger partial charge is 0.257 e. The van der Waals surface area contributed by atoms with Gasteiger partial charge in [0.25, 0.3) is 11.8 Å². The summed E-state index contributed by atoms with van der Waals surface area (Å²) in [6.07, 6.45) is 1.74. The van der Waals surface area contributed by atoms with Crippen LogP contribution in [0.4, 0.5) is 13.2 Å². The zero-order chi connectivity index (χ0) is 39.0. The number of amidine groups is 2. The standard InChI is InChI=1S/C41H35Br2F3N4O4S2/c42-31-16-29(40-21-53-12-10-27(40)19-55-38(49-40)47-36(51)24-4-2-1-3-5-24)26(15-34(31)45)14-23-6-8-25(9-7-23)37(52)48-39-50-41(22-54-13-11-28(41)20-56-39)30-17-32(43)35(46)18-33(30)44/h1-9,15-18,27-28H,10-14,19-22H2,(H,47,49,51)(H,48,50,52). The first-order valence-electron chi connectivity index (χ1n) is 18.1. The highest BCUT2D eigenvalue weighted by atomic mass is 79.9. The lowest BCUT2D eigenvalue weighted by Gasteiger charge is -2.45. The lowest BCUT2D eigenvalue weighted by atomic mass is 9.74. The second-order valence-electron chi connectivity index (χ2n) is 14.2. The topological polar surface area (TPSA) is 101 Å². The molecule has 4 aliphatic heterocycles. The van der Waals surface area contributed by atoms with Crippen LogP contribution in [-0.4, -0.2) is 60.1 Å². The van der Waals surface area contributed by atoms with Crippen LogP contribution in [0, 0.1) is 29.3 Å². The van der Waals surface area contributed by atoms with E-state index in [1.807, 2.05) is 18.2 Å². The maximum atomic E-state index is 15.3. The van der Waals surface area contributed by atoms with Gasteiger partial charge >= 0.3 is 0 Å². The van der Waals surface area contributed by atoms with E-state index in [1.165, 1.54) is 35.7 Å². The first-order valence-corrected chi connectivity index (χ1v) is 21.6. The number of aliphatic imine (C=N–C) groups is 2. The number of thioether (sulfide) groups is 2. The van der Waals surface area contributed by atoms with Gasteiger partial charge in [-0.3, -0.25) is 9.59 Å². The van der Waals surface area contributed by atoms with Crippen LogP contribution >= 0.6 is 55.4 Å². The normalized spacial score (nSPS) is 24.6. The van der Waals surface area contributed by atoms with Gasteiger partial charge in [0, 0.05) is 59.3 Å². The van der Waals surface area contributed by atoms with Crippen LogP contribution < -0.4 is 10.6 Å². The van der Waals surface area contributed by atoms with Crippen molar-refractivity contribution in [3.05, 3.63) is 139 Å². The summed E-state index contributed by atoms with van der Waals surface area (Å²) in [5, 5.41) is 6.68. The molecule has 0 saturated carbocycles. The van der Waals surface area contributed by atoms with Gasteiger partial charge in [0.1, 0.15) is 28.5 Å². The Hall–Kier alpha value is -3.47. The van der Waals surface area contributed by atoms with Crippen LogP contribution in [0.25, 0.3) is 0 Å². The summed E-state index contributed by atoms with van der Waals surface area (Å²) in [5.41, 5.74) is 1.48. The van der Waals surface area contributed by atoms with E-state index in [4.69, 9.17) is 19.5 Å². The molecule has 2 N–H and O–H groups in total. The molecule has 0 spiro atoms. The average molecular weight is 929 g/mol. The second kappa shape index (κ2) is 16.4. The predicted molar refractivity (Wildman–Crippen MR) is 220 cm³/mol. The summed E-state index contributed by atoms with van der Waals surface area (Å²) < 4.78 is 57.0. The Balaban J connectivity index is 1.05. The SMILES string of the molecule is O=C(NC1=NC2(c3cc(Br)c(F)cc3F)COCCC2CS1)c1ccc(Cc2cc(F)c(Br)cc2C23COCCC2CSC(NC(=O)c2ccccc2)=N3)cc1. The minimum Gasteiger partial charge on any atom is -0.379 e. The van der Waals surface area contributed by atoms with E-state index < -0.39 is 34.4 Å². The van der Waals surface area contributed by atoms with Crippen molar-refractivity contribution in [2.24, 2.45) is 21.8 Å². The number of ether oxygens (including phenoxy) is 2. The van der Waals surface area contributed by atoms with Crippen LogP contribution in [0.5, 0.6) is 0 Å². The van der Waals surface area contributed by atoms with Gasteiger partial charge in [0.05, 0.1) is 22.2 Å². The van der Waals surface area contributed by atoms with E-state index in [1.54, 1.807) is 42.5 Å². The van der Waals surface area contributed by atoms with Gasteiger partial charge in [-0.05, 0) is 110 Å². The number of nitrogens with one attached hydrogen (secondary N) is 2. The molecule has 2 fully saturated rings. The van der Waals surface area contributed by atoms with Crippen molar-refractivity contribution in [2.45, 2.75) is 30.3 Å². The highest BCUT2D eigenvalue weighted by Gasteiger charge is 2.49. The number of carbonyl (C=O) groups excluding carboxylic acids is 2. The number of carbonyl (C=O) groups is 2. The molecule has 15 heteroatoms. The molecular formula is C41H35Br2F3N4O4S2. The van der Waals surface area contributed by atoms with Crippen LogP contribution in [0.1, 0.15) is 55.8 Å². The third kappa shape index (κ3) is 7.74. The van der Waals surface area contributed by atoms with E-state index in [9.17, 15) is 14.0 Å². The van der Waals surface area contributed by atoms with Gasteiger partial charge in [-0.2, -0.15) is 0 Å². The minimum absolute atomic E-state index is 0.0749. The second-order valence-corrected chi connectivity index (χ2v) is 17.9. The Bertz CT molecular complexity index is 2250. The number of nitrogens with zero attached hydrogens (tertiary/aromatic N) is 2. The van der Waals surface area contributed by atoms with Crippen molar-refractivity contribution >= 4 is 77.5 Å². The number of benzene rings is 4. The van der Waals surface area contributed by atoms with E-state index in [-0.39, 0.29) is 41.0 Å². The molecule has 0 aliphatic carbocycles. The zero-order valence-corrected chi connectivity index (χ0v) is 34.6. The largest absolute Gasteiger partial charge is 0.379 e. The van der Waals surface area contributed by atoms with Crippen LogP contribution in [-0.2, 0) is 27.0 Å². The number of hydrogen-bond acceptors (Lipinski definition) is 8. The fraction of sp³-hybridized carbons (Fsp3) is 0.317. The summed E-state index contributed by atoms with van der Waals surface area (Å²) in [7, 11) is 0. The van der Waals surface area contributed by atoms with Crippen LogP contribution in [0.15, 0.2) is 97.8 Å². The molecule has 4 aromatic rings. The molecule has 8 rings (SSSR count). The third-order valence-electron chi connectivity index (χ3n) is 10.8. The van der Waals surface area contributed by atoms with Crippen LogP contribution in [0.3, 0.4) is 0 Å². The zero-order valence-electron chi connectivity index (χ0n) is 29.8. The highest BCUT2D eigenvalue weighted by Crippen LogP contribution is 2.48. The summed E-state index contributed by atoms with van der Waals surface area (Å²) in [6, 6.07) is 21.5. The Morgan fingerprint density at radius 1 is 0.696 bits per heavy atom. The molecule has 4 atom stereocenters. The van der Waals surface area contributed by atoms with Crippen molar-refractivity contribution in [3.63, 3.8) is 0 Å². The molecular weight excluding hydrogens is 893 g/mol. The van der Waals surface area contributed by atoms with E-state index >= 15 is 8.78 Å². The quantitative estimate of drug-likeness (QED) is 0.188. The highest BCUT2D eigenvalue weighted by molar-refractivity contribution is 9.10. The van der Waals surface area contributed by atoms with Gasteiger partial charge in [0.2, 0.25) is 0 Å². The van der Waals surface area contributed by atoms with Gasteiger partial charge in [-0.1, -0.05) is 53.9 Å². The average Bonchev–Trinajstić information content (AvgIpc) is 3.20. The number of hydrogen-bond donors (Lipinski definition) is 2. The molecule has 2 saturated heterocycles. The number of fused-ring (bicyclic) bond motifs is 2. The van der Waals surface area contributed by atoms with E-state index in [0.717, 1.165) is 23.6 Å². The summed E-state index contributed by atoms with van der Waals surface area (Å²) >= 11 is 9.46. The first-order chi connectivity index (χ1) is 27.0. The molecule has 0 bridgehead atoms. The van der Waals surface area contributed by atoms with Crippen molar-refractivity contribution in [1.82, 2.24) is 10.6 Å². The summed E-state index contributed by atoms with van der Waals surface area (Å²) in [5.74, 6) is -1.24. The molecule has 8 nitrogen and oxygen atoms in total. The maximum Gasteiger partial charge on any atom is 0.257 e. The number of halogens is 5. The number of amides is 2. The molecule has 4 unspecified atom stereocenters. The van der Waals surface area contributed by atoms with Gasteiger partial charge in [-0.15, -0.1) is 0 Å². The van der Waals surface area contributed by atoms with Gasteiger partial charge in [-0.25, -0.2) is 23.2 Å². The lowest BCUT2D eigenvalue weighted by Crippen LogP contribution is -2.49. The predicted octanol–water partition coefficient (Wildman–Crippen LogP) is 8.75. The monoisotopic (exact) mass is 926 g/mol. The molecule has 0 aromatic heterocycles. The molecule has 0 radical (unpaired) electrons. The van der Waals surface area contributed by atoms with Gasteiger partial charge in [0.15, 0.2) is 10.3 Å². The lowest BCUT2D eigenvalue weighted by molar-refractivity contribution is 0.00282. The van der Waals surface area contributed by atoms with E-state index in [2.05, 4.69) is 42.5 Å². The maximum absolute atomic E-state index is 15.3. The fourth-order valence-electron chi connectivity index (χ4n) is 7.85. The Kier molecular flexibility index (Phi) is 11.5. The minimum atomic E-state index is -1.12. The first kappa shape index (κ1) is 39.4. The Labute approximate surface area is 347 Å². The van der Waals surface area contributed by atoms with Crippen molar-refractivity contribution < 1.29 is 32.2 Å². The van der Waals surface area contributed by atoms with Crippen molar-refractivity contribution in [1.29, 1.82) is 0 Å². The molecule has 4 aliphatic rings. The molecule has 290 valence electrons. The van der Waals surface area contributed by atoms with Crippen molar-refractivity contribution in [3.8, 4) is 0 Å². The summed E-state index contributed by atoms with van der Waals surface area (Å²) in [4.78, 5) is 36.7. The molecule has 4 heterocycles. The Morgan fingerprint density at radius 3 is 1.80 bits per heavy atom.